The monoisotopic (exact) mass is 287 g/mol. The number of carbonyl (C=O) groups excluding carboxylic acids is 1. The van der Waals surface area contributed by atoms with E-state index >= 15 is 0 Å². The van der Waals surface area contributed by atoms with Crippen molar-refractivity contribution < 1.29 is 4.79 Å². The molecular formula is C15H21N5O. The maximum absolute atomic E-state index is 12.5. The second-order valence-corrected chi connectivity index (χ2v) is 5.60. The summed E-state index contributed by atoms with van der Waals surface area (Å²) in [5.41, 5.74) is 5.65. The van der Waals surface area contributed by atoms with Crippen molar-refractivity contribution in [3.63, 3.8) is 0 Å². The summed E-state index contributed by atoms with van der Waals surface area (Å²) < 4.78 is 1.83. The molecule has 1 aliphatic heterocycles. The van der Waals surface area contributed by atoms with E-state index in [-0.39, 0.29) is 5.91 Å². The van der Waals surface area contributed by atoms with Crippen molar-refractivity contribution in [1.82, 2.24) is 24.9 Å². The van der Waals surface area contributed by atoms with Crippen molar-refractivity contribution in [3.05, 3.63) is 34.4 Å². The SMILES string of the molecule is CCc1c(C)nn(CC(=O)N2CCc3[nH]ncc3C2)c1C. The Labute approximate surface area is 124 Å². The second-order valence-electron chi connectivity index (χ2n) is 5.60. The van der Waals surface area contributed by atoms with E-state index in [9.17, 15) is 4.79 Å². The molecule has 21 heavy (non-hydrogen) atoms. The molecule has 0 aromatic carbocycles. The van der Waals surface area contributed by atoms with Gasteiger partial charge in [-0.15, -0.1) is 0 Å². The fourth-order valence-corrected chi connectivity index (χ4v) is 3.06. The van der Waals surface area contributed by atoms with E-state index < -0.39 is 0 Å². The molecule has 2 aromatic rings. The summed E-state index contributed by atoms with van der Waals surface area (Å²) in [7, 11) is 0. The standard InChI is InChI=1S/C15H21N5O/c1-4-13-10(2)18-20(11(13)3)9-15(21)19-6-5-14-12(8-19)7-16-17-14/h7H,4-6,8-9H2,1-3H3,(H,16,17). The van der Waals surface area contributed by atoms with Crippen molar-refractivity contribution in [2.75, 3.05) is 6.54 Å². The van der Waals surface area contributed by atoms with Crippen LogP contribution in [-0.4, -0.2) is 37.3 Å². The Hall–Kier alpha value is -2.11. The zero-order valence-electron chi connectivity index (χ0n) is 12.8. The fourth-order valence-electron chi connectivity index (χ4n) is 3.06. The van der Waals surface area contributed by atoms with Crippen molar-refractivity contribution in [2.45, 2.75) is 46.7 Å². The van der Waals surface area contributed by atoms with Gasteiger partial charge in [-0.05, 0) is 25.8 Å². The third kappa shape index (κ3) is 2.46. The molecule has 1 aliphatic rings. The first-order valence-corrected chi connectivity index (χ1v) is 7.42. The Morgan fingerprint density at radius 3 is 2.95 bits per heavy atom. The van der Waals surface area contributed by atoms with Gasteiger partial charge in [-0.25, -0.2) is 0 Å². The number of H-pyrrole nitrogens is 1. The quantitative estimate of drug-likeness (QED) is 0.927. The highest BCUT2D eigenvalue weighted by Gasteiger charge is 2.23. The largest absolute Gasteiger partial charge is 0.336 e. The van der Waals surface area contributed by atoms with Crippen LogP contribution in [0.3, 0.4) is 0 Å². The molecule has 1 amide bonds. The number of aromatic nitrogens is 4. The number of hydrogen-bond donors (Lipinski definition) is 1. The van der Waals surface area contributed by atoms with E-state index in [2.05, 4.69) is 22.2 Å². The summed E-state index contributed by atoms with van der Waals surface area (Å²) in [6.45, 7) is 7.87. The molecule has 112 valence electrons. The molecule has 1 N–H and O–H groups in total. The summed E-state index contributed by atoms with van der Waals surface area (Å²) in [5.74, 6) is 0.120. The third-order valence-corrected chi connectivity index (χ3v) is 4.32. The number of rotatable bonds is 3. The van der Waals surface area contributed by atoms with Crippen LogP contribution in [0.4, 0.5) is 0 Å². The molecular weight excluding hydrogens is 266 g/mol. The number of aromatic amines is 1. The Morgan fingerprint density at radius 1 is 1.43 bits per heavy atom. The Balaban J connectivity index is 1.73. The molecule has 6 nitrogen and oxygen atoms in total. The maximum Gasteiger partial charge on any atom is 0.244 e. The summed E-state index contributed by atoms with van der Waals surface area (Å²) in [4.78, 5) is 14.4. The van der Waals surface area contributed by atoms with Crippen molar-refractivity contribution in [3.8, 4) is 0 Å². The van der Waals surface area contributed by atoms with Crippen molar-refractivity contribution in [2.24, 2.45) is 0 Å². The number of hydrogen-bond acceptors (Lipinski definition) is 3. The average molecular weight is 287 g/mol. The van der Waals surface area contributed by atoms with Gasteiger partial charge < -0.3 is 4.90 Å². The molecule has 2 aromatic heterocycles. The first-order valence-electron chi connectivity index (χ1n) is 7.42. The van der Waals surface area contributed by atoms with Crippen LogP contribution in [-0.2, 0) is 30.7 Å². The number of aryl methyl sites for hydroxylation is 1. The van der Waals surface area contributed by atoms with Crippen LogP contribution >= 0.6 is 0 Å². The number of nitrogens with zero attached hydrogens (tertiary/aromatic N) is 4. The van der Waals surface area contributed by atoms with Crippen LogP contribution < -0.4 is 0 Å². The summed E-state index contributed by atoms with van der Waals surface area (Å²) >= 11 is 0. The summed E-state index contributed by atoms with van der Waals surface area (Å²) in [5, 5.41) is 11.5. The van der Waals surface area contributed by atoms with Crippen LogP contribution in [0.1, 0.15) is 35.1 Å². The summed E-state index contributed by atoms with van der Waals surface area (Å²) in [6.07, 6.45) is 3.61. The molecule has 0 spiro atoms. The van der Waals surface area contributed by atoms with Gasteiger partial charge in [-0.3, -0.25) is 14.6 Å². The molecule has 0 saturated heterocycles. The molecule has 0 fully saturated rings. The zero-order chi connectivity index (χ0) is 15.0. The lowest BCUT2D eigenvalue weighted by Crippen LogP contribution is -2.38. The average Bonchev–Trinajstić information content (AvgIpc) is 3.03. The highest BCUT2D eigenvalue weighted by molar-refractivity contribution is 5.76. The van der Waals surface area contributed by atoms with Gasteiger partial charge in [0.05, 0.1) is 11.9 Å². The lowest BCUT2D eigenvalue weighted by atomic mass is 10.1. The molecule has 0 radical (unpaired) electrons. The van der Waals surface area contributed by atoms with Gasteiger partial charge in [-0.2, -0.15) is 10.2 Å². The number of amides is 1. The molecule has 0 atom stereocenters. The van der Waals surface area contributed by atoms with Gasteiger partial charge in [0.1, 0.15) is 6.54 Å². The van der Waals surface area contributed by atoms with Gasteiger partial charge in [0, 0.05) is 36.5 Å². The molecule has 0 bridgehead atoms. The van der Waals surface area contributed by atoms with Gasteiger partial charge in [-0.1, -0.05) is 6.92 Å². The van der Waals surface area contributed by atoms with Gasteiger partial charge in [0.2, 0.25) is 5.91 Å². The van der Waals surface area contributed by atoms with E-state index in [1.807, 2.05) is 29.6 Å². The van der Waals surface area contributed by atoms with E-state index in [1.165, 1.54) is 5.56 Å². The van der Waals surface area contributed by atoms with Gasteiger partial charge in [0.15, 0.2) is 0 Å². The minimum Gasteiger partial charge on any atom is -0.336 e. The molecule has 0 saturated carbocycles. The third-order valence-electron chi connectivity index (χ3n) is 4.32. The van der Waals surface area contributed by atoms with Crippen molar-refractivity contribution >= 4 is 5.91 Å². The zero-order valence-corrected chi connectivity index (χ0v) is 12.8. The van der Waals surface area contributed by atoms with E-state index in [4.69, 9.17) is 0 Å². The van der Waals surface area contributed by atoms with E-state index in [0.717, 1.165) is 42.0 Å². The minimum atomic E-state index is 0.120. The first kappa shape index (κ1) is 13.9. The number of fused-ring (bicyclic) bond motifs is 1. The first-order chi connectivity index (χ1) is 10.1. The molecule has 0 aliphatic carbocycles. The summed E-state index contributed by atoms with van der Waals surface area (Å²) in [6, 6.07) is 0. The molecule has 3 heterocycles. The molecule has 6 heteroatoms. The number of carbonyl (C=O) groups is 1. The lowest BCUT2D eigenvalue weighted by molar-refractivity contribution is -0.133. The lowest BCUT2D eigenvalue weighted by Gasteiger charge is -2.26. The Bertz CT molecular complexity index is 670. The van der Waals surface area contributed by atoms with Crippen LogP contribution in [0.25, 0.3) is 0 Å². The highest BCUT2D eigenvalue weighted by Crippen LogP contribution is 2.18. The van der Waals surface area contributed by atoms with E-state index in [1.54, 1.807) is 0 Å². The Morgan fingerprint density at radius 2 is 2.24 bits per heavy atom. The van der Waals surface area contributed by atoms with Crippen LogP contribution in [0, 0.1) is 13.8 Å². The molecule has 3 rings (SSSR count). The van der Waals surface area contributed by atoms with Crippen molar-refractivity contribution in [1.29, 1.82) is 0 Å². The Kier molecular flexibility index (Phi) is 3.53. The smallest absolute Gasteiger partial charge is 0.244 e. The van der Waals surface area contributed by atoms with Crippen LogP contribution in [0.5, 0.6) is 0 Å². The normalized spacial score (nSPS) is 14.3. The fraction of sp³-hybridized carbons (Fsp3) is 0.533. The number of nitrogens with one attached hydrogen (secondary N) is 1. The predicted molar refractivity (Wildman–Crippen MR) is 78.8 cm³/mol. The van der Waals surface area contributed by atoms with E-state index in [0.29, 0.717) is 13.1 Å². The van der Waals surface area contributed by atoms with Gasteiger partial charge in [0.25, 0.3) is 0 Å². The second kappa shape index (κ2) is 5.35. The maximum atomic E-state index is 12.5. The molecule has 0 unspecified atom stereocenters. The van der Waals surface area contributed by atoms with Crippen LogP contribution in [0.15, 0.2) is 6.20 Å². The predicted octanol–water partition coefficient (Wildman–Crippen LogP) is 1.37. The highest BCUT2D eigenvalue weighted by atomic mass is 16.2. The van der Waals surface area contributed by atoms with Gasteiger partial charge >= 0.3 is 0 Å². The topological polar surface area (TPSA) is 66.8 Å². The van der Waals surface area contributed by atoms with Crippen LogP contribution in [0.2, 0.25) is 0 Å². The minimum absolute atomic E-state index is 0.120.